The van der Waals surface area contributed by atoms with Crippen molar-refractivity contribution < 1.29 is 9.59 Å². The zero-order valence-electron chi connectivity index (χ0n) is 14.7. The van der Waals surface area contributed by atoms with Gasteiger partial charge in [0.1, 0.15) is 0 Å². The number of piperidine rings is 1. The second kappa shape index (κ2) is 8.97. The molecule has 1 fully saturated rings. The fourth-order valence-electron chi connectivity index (χ4n) is 2.81. The predicted molar refractivity (Wildman–Crippen MR) is 99.4 cm³/mol. The third-order valence-electron chi connectivity index (χ3n) is 4.24. The maximum Gasteiger partial charge on any atom is 0.321 e. The van der Waals surface area contributed by atoms with E-state index in [9.17, 15) is 9.59 Å². The van der Waals surface area contributed by atoms with E-state index in [-0.39, 0.29) is 17.9 Å². The molecule has 24 heavy (non-hydrogen) atoms. The predicted octanol–water partition coefficient (Wildman–Crippen LogP) is 3.42. The van der Waals surface area contributed by atoms with Crippen LogP contribution < -0.4 is 10.6 Å². The lowest BCUT2D eigenvalue weighted by Gasteiger charge is -2.33. The fourth-order valence-corrected chi connectivity index (χ4v) is 3.36. The lowest BCUT2D eigenvalue weighted by Crippen LogP contribution is -2.45. The molecular formula is C18H27N3O2S. The zero-order valence-corrected chi connectivity index (χ0v) is 15.5. The molecule has 1 aromatic carbocycles. The summed E-state index contributed by atoms with van der Waals surface area (Å²) in [7, 11) is 0. The molecule has 0 aliphatic carbocycles. The van der Waals surface area contributed by atoms with Gasteiger partial charge in [-0.15, -0.1) is 11.8 Å². The Bertz CT molecular complexity index is 577. The Balaban J connectivity index is 1.89. The molecule has 6 heteroatoms. The van der Waals surface area contributed by atoms with E-state index in [1.807, 2.05) is 49.3 Å². The van der Waals surface area contributed by atoms with Gasteiger partial charge in [-0.2, -0.15) is 0 Å². The second-order valence-corrected chi connectivity index (χ2v) is 7.33. The lowest BCUT2D eigenvalue weighted by atomic mass is 9.98. The molecule has 1 aliphatic heterocycles. The number of para-hydroxylation sites is 1. The van der Waals surface area contributed by atoms with Crippen molar-refractivity contribution in [2.45, 2.75) is 31.6 Å². The highest BCUT2D eigenvalue weighted by atomic mass is 32.2. The number of amides is 3. The first-order valence-corrected chi connectivity index (χ1v) is 9.70. The minimum atomic E-state index is -0.0589. The van der Waals surface area contributed by atoms with Gasteiger partial charge in [-0.05, 0) is 37.1 Å². The van der Waals surface area contributed by atoms with Gasteiger partial charge >= 0.3 is 6.03 Å². The molecule has 1 heterocycles. The van der Waals surface area contributed by atoms with E-state index in [0.29, 0.717) is 19.0 Å². The van der Waals surface area contributed by atoms with Crippen LogP contribution in [0.15, 0.2) is 29.2 Å². The first kappa shape index (κ1) is 18.6. The average Bonchev–Trinajstić information content (AvgIpc) is 2.60. The monoisotopic (exact) mass is 349 g/mol. The summed E-state index contributed by atoms with van der Waals surface area (Å²) in [6, 6.07) is 7.76. The summed E-state index contributed by atoms with van der Waals surface area (Å²) in [5.74, 6) is 0.393. The van der Waals surface area contributed by atoms with Gasteiger partial charge in [-0.3, -0.25) is 4.79 Å². The SMILES string of the molecule is CSc1ccccc1NC(=O)N1CCC[C@H](CNC(=O)C(C)C)C1. The van der Waals surface area contributed by atoms with Gasteiger partial charge in [0.2, 0.25) is 5.91 Å². The number of rotatable bonds is 5. The van der Waals surface area contributed by atoms with Crippen LogP contribution in [-0.4, -0.2) is 42.7 Å². The Morgan fingerprint density at radius 1 is 1.33 bits per heavy atom. The second-order valence-electron chi connectivity index (χ2n) is 6.48. The molecule has 3 amide bonds. The smallest absolute Gasteiger partial charge is 0.321 e. The van der Waals surface area contributed by atoms with E-state index in [1.165, 1.54) is 0 Å². The van der Waals surface area contributed by atoms with E-state index in [4.69, 9.17) is 0 Å². The molecule has 1 saturated heterocycles. The van der Waals surface area contributed by atoms with E-state index in [1.54, 1.807) is 11.8 Å². The zero-order chi connectivity index (χ0) is 17.5. The molecule has 0 aromatic heterocycles. The number of anilines is 1. The number of thioether (sulfide) groups is 1. The Kier molecular flexibility index (Phi) is 6.97. The van der Waals surface area contributed by atoms with Gasteiger partial charge < -0.3 is 15.5 Å². The van der Waals surface area contributed by atoms with Crippen LogP contribution in [0.4, 0.5) is 10.5 Å². The fraction of sp³-hybridized carbons (Fsp3) is 0.556. The summed E-state index contributed by atoms with van der Waals surface area (Å²) in [5, 5.41) is 5.99. The number of nitrogens with one attached hydrogen (secondary N) is 2. The van der Waals surface area contributed by atoms with Crippen molar-refractivity contribution in [1.82, 2.24) is 10.2 Å². The van der Waals surface area contributed by atoms with Crippen LogP contribution in [-0.2, 0) is 4.79 Å². The number of carbonyl (C=O) groups is 2. The Hall–Kier alpha value is -1.69. The number of hydrogen-bond acceptors (Lipinski definition) is 3. The van der Waals surface area contributed by atoms with Crippen LogP contribution in [0.25, 0.3) is 0 Å². The van der Waals surface area contributed by atoms with Gasteiger partial charge in [0.15, 0.2) is 0 Å². The molecule has 1 aromatic rings. The summed E-state index contributed by atoms with van der Waals surface area (Å²) in [4.78, 5) is 27.2. The molecule has 0 saturated carbocycles. The van der Waals surface area contributed by atoms with Crippen molar-refractivity contribution in [3.05, 3.63) is 24.3 Å². The standard InChI is InChI=1S/C18H27N3O2S/c1-13(2)17(22)19-11-14-7-6-10-21(12-14)18(23)20-15-8-4-5-9-16(15)24-3/h4-5,8-9,13-14H,6-7,10-12H2,1-3H3,(H,19,22)(H,20,23)/t14-/m1/s1. The van der Waals surface area contributed by atoms with E-state index in [2.05, 4.69) is 10.6 Å². The number of urea groups is 1. The number of nitrogens with zero attached hydrogens (tertiary/aromatic N) is 1. The van der Waals surface area contributed by atoms with E-state index >= 15 is 0 Å². The van der Waals surface area contributed by atoms with Crippen LogP contribution in [0.2, 0.25) is 0 Å². The summed E-state index contributed by atoms with van der Waals surface area (Å²) >= 11 is 1.62. The molecular weight excluding hydrogens is 322 g/mol. The topological polar surface area (TPSA) is 61.4 Å². The van der Waals surface area contributed by atoms with Gasteiger partial charge in [0.05, 0.1) is 5.69 Å². The van der Waals surface area contributed by atoms with Crippen molar-refractivity contribution in [2.75, 3.05) is 31.2 Å². The Morgan fingerprint density at radius 3 is 2.79 bits per heavy atom. The molecule has 132 valence electrons. The molecule has 5 nitrogen and oxygen atoms in total. The molecule has 1 atom stereocenters. The molecule has 0 unspecified atom stereocenters. The maximum atomic E-state index is 12.5. The normalized spacial score (nSPS) is 17.7. The summed E-state index contributed by atoms with van der Waals surface area (Å²) < 4.78 is 0. The van der Waals surface area contributed by atoms with Crippen LogP contribution in [0, 0.1) is 11.8 Å². The number of carbonyl (C=O) groups excluding carboxylic acids is 2. The summed E-state index contributed by atoms with van der Waals surface area (Å²) in [6.07, 6.45) is 4.02. The van der Waals surface area contributed by atoms with Crippen molar-refractivity contribution in [3.63, 3.8) is 0 Å². The number of likely N-dealkylation sites (tertiary alicyclic amines) is 1. The summed E-state index contributed by atoms with van der Waals surface area (Å²) in [6.45, 7) is 5.87. The van der Waals surface area contributed by atoms with E-state index < -0.39 is 0 Å². The largest absolute Gasteiger partial charge is 0.356 e. The molecule has 2 rings (SSSR count). The quantitative estimate of drug-likeness (QED) is 0.801. The van der Waals surface area contributed by atoms with Gasteiger partial charge in [-0.1, -0.05) is 26.0 Å². The van der Waals surface area contributed by atoms with Crippen LogP contribution in [0.1, 0.15) is 26.7 Å². The Morgan fingerprint density at radius 2 is 2.08 bits per heavy atom. The minimum Gasteiger partial charge on any atom is -0.356 e. The average molecular weight is 350 g/mol. The first-order valence-electron chi connectivity index (χ1n) is 8.48. The van der Waals surface area contributed by atoms with Gasteiger partial charge in [0.25, 0.3) is 0 Å². The maximum absolute atomic E-state index is 12.5. The third kappa shape index (κ3) is 5.16. The van der Waals surface area contributed by atoms with Gasteiger partial charge in [-0.25, -0.2) is 4.79 Å². The first-order chi connectivity index (χ1) is 11.5. The van der Waals surface area contributed by atoms with Crippen LogP contribution in [0.3, 0.4) is 0 Å². The van der Waals surface area contributed by atoms with Crippen LogP contribution >= 0.6 is 11.8 Å². The molecule has 1 aliphatic rings. The minimum absolute atomic E-state index is 0.00367. The van der Waals surface area contributed by atoms with Crippen molar-refractivity contribution >= 4 is 29.4 Å². The van der Waals surface area contributed by atoms with Gasteiger partial charge in [0, 0.05) is 30.4 Å². The van der Waals surface area contributed by atoms with Crippen molar-refractivity contribution in [3.8, 4) is 0 Å². The lowest BCUT2D eigenvalue weighted by molar-refractivity contribution is -0.124. The van der Waals surface area contributed by atoms with Crippen LogP contribution in [0.5, 0.6) is 0 Å². The number of hydrogen-bond donors (Lipinski definition) is 2. The molecule has 2 N–H and O–H groups in total. The molecule has 0 bridgehead atoms. The Labute approximate surface area is 148 Å². The van der Waals surface area contributed by atoms with Crippen molar-refractivity contribution in [1.29, 1.82) is 0 Å². The third-order valence-corrected chi connectivity index (χ3v) is 5.04. The highest BCUT2D eigenvalue weighted by Crippen LogP contribution is 2.25. The van der Waals surface area contributed by atoms with E-state index in [0.717, 1.165) is 30.0 Å². The molecule has 0 spiro atoms. The number of benzene rings is 1. The van der Waals surface area contributed by atoms with Crippen molar-refractivity contribution in [2.24, 2.45) is 11.8 Å². The summed E-state index contributed by atoms with van der Waals surface area (Å²) in [5.41, 5.74) is 0.852. The molecule has 0 radical (unpaired) electrons. The highest BCUT2D eigenvalue weighted by Gasteiger charge is 2.24. The highest BCUT2D eigenvalue weighted by molar-refractivity contribution is 7.98.